The molecule has 230 valence electrons. The second-order valence-corrected chi connectivity index (χ2v) is 12.3. The maximum absolute atomic E-state index is 13.7. The largest absolute Gasteiger partial charge is 0.378 e. The number of carbonyl (C=O) groups is 2. The van der Waals surface area contributed by atoms with Gasteiger partial charge in [0.15, 0.2) is 0 Å². The van der Waals surface area contributed by atoms with Crippen LogP contribution >= 0.6 is 0 Å². The van der Waals surface area contributed by atoms with Gasteiger partial charge in [-0.2, -0.15) is 0 Å². The molecule has 0 aliphatic heterocycles. The highest BCUT2D eigenvalue weighted by Crippen LogP contribution is 2.37. The van der Waals surface area contributed by atoms with Crippen molar-refractivity contribution in [2.75, 3.05) is 0 Å². The van der Waals surface area contributed by atoms with E-state index in [1.165, 1.54) is 0 Å². The van der Waals surface area contributed by atoms with E-state index in [-0.39, 0.29) is 11.8 Å². The second-order valence-electron chi connectivity index (χ2n) is 12.3. The lowest BCUT2D eigenvalue weighted by atomic mass is 9.77. The molecule has 0 aliphatic carbocycles. The van der Waals surface area contributed by atoms with Gasteiger partial charge in [-0.3, -0.25) is 9.59 Å². The molecule has 0 aromatic heterocycles. The van der Waals surface area contributed by atoms with E-state index in [2.05, 4.69) is 10.6 Å². The molecular weight excluding hydrogens is 548 g/mol. The predicted octanol–water partition coefficient (Wildman–Crippen LogP) is 5.92. The van der Waals surface area contributed by atoms with Crippen molar-refractivity contribution in [3.63, 3.8) is 0 Å². The zero-order valence-corrected chi connectivity index (χ0v) is 26.0. The van der Waals surface area contributed by atoms with Crippen LogP contribution in [0.2, 0.25) is 0 Å². The summed E-state index contributed by atoms with van der Waals surface area (Å²) in [6, 6.07) is 35.2. The monoisotopic (exact) mass is 592 g/mol. The zero-order valence-electron chi connectivity index (χ0n) is 26.0. The Kier molecular flexibility index (Phi) is 10.7. The van der Waals surface area contributed by atoms with Crippen LogP contribution in [0.4, 0.5) is 0 Å². The van der Waals surface area contributed by atoms with Gasteiger partial charge in [0.1, 0.15) is 11.2 Å². The molecule has 4 aromatic rings. The van der Waals surface area contributed by atoms with Gasteiger partial charge < -0.3 is 20.8 Å². The van der Waals surface area contributed by atoms with Crippen molar-refractivity contribution in [3.8, 4) is 0 Å². The van der Waals surface area contributed by atoms with Crippen molar-refractivity contribution in [2.45, 2.75) is 63.8 Å². The van der Waals surface area contributed by atoms with Gasteiger partial charge in [-0.1, -0.05) is 149 Å². The molecule has 2 amide bonds. The minimum Gasteiger partial charge on any atom is -0.378 e. The lowest BCUT2D eigenvalue weighted by molar-refractivity contribution is -0.142. The first-order chi connectivity index (χ1) is 21.1. The summed E-state index contributed by atoms with van der Waals surface area (Å²) in [5, 5.41) is 30.7. The van der Waals surface area contributed by atoms with E-state index >= 15 is 0 Å². The van der Waals surface area contributed by atoms with Crippen LogP contribution in [0.15, 0.2) is 121 Å². The molecule has 0 radical (unpaired) electrons. The molecule has 0 fully saturated rings. The van der Waals surface area contributed by atoms with Crippen molar-refractivity contribution in [2.24, 2.45) is 11.8 Å². The van der Waals surface area contributed by atoms with Gasteiger partial charge in [0, 0.05) is 0 Å². The molecule has 2 atom stereocenters. The van der Waals surface area contributed by atoms with E-state index in [0.29, 0.717) is 35.1 Å². The molecule has 0 unspecified atom stereocenters. The van der Waals surface area contributed by atoms with Crippen molar-refractivity contribution >= 4 is 11.8 Å². The van der Waals surface area contributed by atoms with Gasteiger partial charge >= 0.3 is 11.8 Å². The summed E-state index contributed by atoms with van der Waals surface area (Å²) in [6.45, 7) is 8.03. The molecule has 0 aliphatic rings. The highest BCUT2D eigenvalue weighted by molar-refractivity contribution is 6.35. The topological polar surface area (TPSA) is 98.7 Å². The molecule has 0 bridgehead atoms. The molecule has 6 nitrogen and oxygen atoms in total. The van der Waals surface area contributed by atoms with Crippen LogP contribution in [0.25, 0.3) is 0 Å². The summed E-state index contributed by atoms with van der Waals surface area (Å²) in [4.78, 5) is 27.5. The smallest absolute Gasteiger partial charge is 0.309 e. The Morgan fingerprint density at radius 3 is 0.932 bits per heavy atom. The summed E-state index contributed by atoms with van der Waals surface area (Å²) < 4.78 is 0. The first-order valence-corrected chi connectivity index (χ1v) is 15.3. The number of hydrogen-bond donors (Lipinski definition) is 4. The first-order valence-electron chi connectivity index (χ1n) is 15.3. The third-order valence-corrected chi connectivity index (χ3v) is 8.10. The number of carbonyl (C=O) groups excluding carboxylic acids is 2. The van der Waals surface area contributed by atoms with Gasteiger partial charge in [0.25, 0.3) is 0 Å². The Morgan fingerprint density at radius 1 is 0.500 bits per heavy atom. The lowest BCUT2D eigenvalue weighted by Crippen LogP contribution is -2.58. The summed E-state index contributed by atoms with van der Waals surface area (Å²) in [6.07, 6.45) is 0.819. The Hall–Kier alpha value is -4.26. The van der Waals surface area contributed by atoms with E-state index in [1.54, 1.807) is 0 Å². The normalized spacial score (nSPS) is 13.4. The van der Waals surface area contributed by atoms with Crippen molar-refractivity contribution in [1.29, 1.82) is 0 Å². The quantitative estimate of drug-likeness (QED) is 0.154. The Labute approximate surface area is 261 Å². The standard InChI is InChI=1S/C38H44N2O4/c1-27(2)25-33(37(43,29-17-9-5-10-18-29)30-19-11-6-12-20-30)39-35(41)36(42)40-34(26-28(3)4)38(44,31-21-13-7-14-22-31)32-23-15-8-16-24-32/h5-24,27-28,33-34,43-44H,25-26H2,1-4H3,(H,39,41)(H,40,42)/t33-,34-/m1/s1. The Morgan fingerprint density at radius 2 is 0.727 bits per heavy atom. The summed E-state index contributed by atoms with van der Waals surface area (Å²) in [5.74, 6) is -1.56. The molecule has 0 spiro atoms. The van der Waals surface area contributed by atoms with Crippen molar-refractivity contribution < 1.29 is 19.8 Å². The molecule has 4 aromatic carbocycles. The fraction of sp³-hybridized carbons (Fsp3) is 0.316. The molecule has 44 heavy (non-hydrogen) atoms. The average Bonchev–Trinajstić information content (AvgIpc) is 3.04. The second kappa shape index (κ2) is 14.5. The van der Waals surface area contributed by atoms with E-state index in [4.69, 9.17) is 0 Å². The Bertz CT molecular complexity index is 1280. The SMILES string of the molecule is CC(C)C[C@@H](NC(=O)C(=O)N[C@H](CC(C)C)C(O)(c1ccccc1)c1ccccc1)C(O)(c1ccccc1)c1ccccc1. The fourth-order valence-corrected chi connectivity index (χ4v) is 5.97. The molecule has 6 heteroatoms. The first kappa shape index (κ1) is 32.6. The summed E-state index contributed by atoms with van der Waals surface area (Å²) >= 11 is 0. The minimum atomic E-state index is -1.60. The van der Waals surface area contributed by atoms with Gasteiger partial charge in [-0.05, 0) is 46.9 Å². The van der Waals surface area contributed by atoms with Gasteiger partial charge in [0.05, 0.1) is 12.1 Å². The number of hydrogen-bond acceptors (Lipinski definition) is 4. The molecule has 4 rings (SSSR count). The fourth-order valence-electron chi connectivity index (χ4n) is 5.97. The molecule has 4 N–H and O–H groups in total. The summed E-state index contributed by atoms with van der Waals surface area (Å²) in [5.41, 5.74) is -0.768. The van der Waals surface area contributed by atoms with Crippen LogP contribution in [-0.2, 0) is 20.8 Å². The van der Waals surface area contributed by atoms with E-state index in [9.17, 15) is 19.8 Å². The minimum absolute atomic E-state index is 0.0947. The van der Waals surface area contributed by atoms with Crippen LogP contribution in [0.3, 0.4) is 0 Å². The van der Waals surface area contributed by atoms with E-state index < -0.39 is 35.1 Å². The van der Waals surface area contributed by atoms with Crippen LogP contribution in [-0.4, -0.2) is 34.1 Å². The lowest BCUT2D eigenvalue weighted by Gasteiger charge is -2.40. The highest BCUT2D eigenvalue weighted by Gasteiger charge is 2.44. The number of rotatable bonds is 12. The number of benzene rings is 4. The molecule has 0 saturated carbocycles. The van der Waals surface area contributed by atoms with Gasteiger partial charge in [-0.15, -0.1) is 0 Å². The van der Waals surface area contributed by atoms with Gasteiger partial charge in [-0.25, -0.2) is 0 Å². The van der Waals surface area contributed by atoms with Crippen LogP contribution in [0, 0.1) is 11.8 Å². The van der Waals surface area contributed by atoms with Crippen LogP contribution < -0.4 is 10.6 Å². The summed E-state index contributed by atoms with van der Waals surface area (Å²) in [7, 11) is 0. The van der Waals surface area contributed by atoms with Crippen molar-refractivity contribution in [1.82, 2.24) is 10.6 Å². The van der Waals surface area contributed by atoms with Gasteiger partial charge in [0.2, 0.25) is 0 Å². The molecular formula is C38H44N2O4. The molecule has 0 saturated heterocycles. The zero-order chi connectivity index (χ0) is 31.7. The molecule has 0 heterocycles. The van der Waals surface area contributed by atoms with Crippen LogP contribution in [0.5, 0.6) is 0 Å². The van der Waals surface area contributed by atoms with E-state index in [0.717, 1.165) is 0 Å². The highest BCUT2D eigenvalue weighted by atomic mass is 16.3. The number of amides is 2. The third-order valence-electron chi connectivity index (χ3n) is 8.10. The van der Waals surface area contributed by atoms with Crippen molar-refractivity contribution in [3.05, 3.63) is 144 Å². The maximum Gasteiger partial charge on any atom is 0.309 e. The average molecular weight is 593 g/mol. The Balaban J connectivity index is 1.70. The van der Waals surface area contributed by atoms with E-state index in [1.807, 2.05) is 149 Å². The maximum atomic E-state index is 13.7. The number of aliphatic hydroxyl groups is 2. The predicted molar refractivity (Wildman–Crippen MR) is 175 cm³/mol. The van der Waals surface area contributed by atoms with Crippen LogP contribution in [0.1, 0.15) is 62.8 Å². The third kappa shape index (κ3) is 7.26. The number of nitrogens with one attached hydrogen (secondary N) is 2.